The van der Waals surface area contributed by atoms with Gasteiger partial charge in [-0.15, -0.1) is 5.73 Å². The van der Waals surface area contributed by atoms with E-state index in [0.29, 0.717) is 11.8 Å². The van der Waals surface area contributed by atoms with E-state index < -0.39 is 0 Å². The van der Waals surface area contributed by atoms with Crippen molar-refractivity contribution in [1.82, 2.24) is 0 Å². The van der Waals surface area contributed by atoms with Crippen molar-refractivity contribution in [3.8, 4) is 0 Å². The van der Waals surface area contributed by atoms with E-state index in [-0.39, 0.29) is 0 Å². The molecule has 0 unspecified atom stereocenters. The Hall–Kier alpha value is -2.56. The van der Waals surface area contributed by atoms with Crippen LogP contribution < -0.4 is 0 Å². The number of hydrogen-bond donors (Lipinski definition) is 0. The van der Waals surface area contributed by atoms with E-state index in [1.165, 1.54) is 33.0 Å². The van der Waals surface area contributed by atoms with Gasteiger partial charge in [0.1, 0.15) is 0 Å². The predicted molar refractivity (Wildman–Crippen MR) is 98.3 cm³/mol. The second-order valence-corrected chi connectivity index (χ2v) is 6.46. The quantitative estimate of drug-likeness (QED) is 0.502. The summed E-state index contributed by atoms with van der Waals surface area (Å²) in [5.74, 6) is 1.32. The Morgan fingerprint density at radius 1 is 0.696 bits per heavy atom. The van der Waals surface area contributed by atoms with Crippen molar-refractivity contribution in [3.05, 3.63) is 95.2 Å². The van der Waals surface area contributed by atoms with Gasteiger partial charge < -0.3 is 0 Å². The number of fused-ring (bicyclic) bond motifs is 1. The molecule has 0 aromatic heterocycles. The minimum atomic E-state index is 0.661. The molecule has 0 radical (unpaired) electrons. The fourth-order valence-corrected chi connectivity index (χ4v) is 3.20. The van der Waals surface area contributed by atoms with Crippen LogP contribution in [0.4, 0.5) is 0 Å². The Labute approximate surface area is 137 Å². The Kier molecular flexibility index (Phi) is 3.41. The summed E-state index contributed by atoms with van der Waals surface area (Å²) in [6, 6.07) is 25.9. The van der Waals surface area contributed by atoms with Crippen LogP contribution in [0.1, 0.15) is 25.0 Å². The first kappa shape index (κ1) is 14.1. The molecule has 3 aromatic carbocycles. The highest BCUT2D eigenvalue weighted by atomic mass is 14.4. The van der Waals surface area contributed by atoms with Crippen molar-refractivity contribution in [1.29, 1.82) is 0 Å². The number of rotatable bonds is 2. The minimum Gasteiger partial charge on any atom is -0.112 e. The fourth-order valence-electron chi connectivity index (χ4n) is 3.20. The molecule has 3 aromatic rings. The summed E-state index contributed by atoms with van der Waals surface area (Å²) in [6.45, 7) is 4.58. The summed E-state index contributed by atoms with van der Waals surface area (Å²) in [7, 11) is 0. The lowest BCUT2D eigenvalue weighted by atomic mass is 9.96. The fraction of sp³-hybridized carbons (Fsp3) is 0.174. The number of benzene rings is 3. The van der Waals surface area contributed by atoms with Crippen LogP contribution in [0.15, 0.2) is 84.1 Å². The summed E-state index contributed by atoms with van der Waals surface area (Å²) in [5, 5.41) is 2.56. The molecule has 0 heterocycles. The first-order valence-electron chi connectivity index (χ1n) is 8.29. The molecule has 0 amide bonds. The molecule has 0 spiro atoms. The lowest BCUT2D eigenvalue weighted by Gasteiger charge is -2.07. The topological polar surface area (TPSA) is 0 Å². The lowest BCUT2D eigenvalue weighted by Crippen LogP contribution is -1.87. The molecule has 0 bridgehead atoms. The molecule has 1 aliphatic rings. The van der Waals surface area contributed by atoms with E-state index in [1.54, 1.807) is 0 Å². The molecular formula is C23H20. The van der Waals surface area contributed by atoms with Crippen molar-refractivity contribution in [3.63, 3.8) is 0 Å². The average Bonchev–Trinajstić information content (AvgIpc) is 3.18. The van der Waals surface area contributed by atoms with Gasteiger partial charge in [0, 0.05) is 5.57 Å². The molecule has 0 aliphatic heterocycles. The molecule has 0 nitrogen and oxygen atoms in total. The molecule has 1 fully saturated rings. The molecule has 0 saturated heterocycles. The summed E-state index contributed by atoms with van der Waals surface area (Å²) < 4.78 is 0. The third-order valence-electron chi connectivity index (χ3n) is 4.99. The predicted octanol–water partition coefficient (Wildman–Crippen LogP) is 6.08. The van der Waals surface area contributed by atoms with Crippen LogP contribution in [-0.4, -0.2) is 0 Å². The van der Waals surface area contributed by atoms with E-state index in [2.05, 4.69) is 92.4 Å². The van der Waals surface area contributed by atoms with Gasteiger partial charge in [-0.2, -0.15) is 0 Å². The van der Waals surface area contributed by atoms with Gasteiger partial charge in [-0.3, -0.25) is 0 Å². The van der Waals surface area contributed by atoms with Crippen molar-refractivity contribution in [2.75, 3.05) is 0 Å². The van der Waals surface area contributed by atoms with E-state index in [1.807, 2.05) is 0 Å². The Balaban J connectivity index is 1.93. The lowest BCUT2D eigenvalue weighted by molar-refractivity contribution is 0.834. The molecule has 23 heavy (non-hydrogen) atoms. The second kappa shape index (κ2) is 5.57. The highest BCUT2D eigenvalue weighted by Gasteiger charge is 2.35. The third kappa shape index (κ3) is 2.63. The van der Waals surface area contributed by atoms with E-state index in [4.69, 9.17) is 0 Å². The Morgan fingerprint density at radius 3 is 2.04 bits per heavy atom. The standard InChI is InChI=1S/C23H20/c1-16-17(2)22(16)15-23(19-9-4-3-5-10-19)21-13-12-18-8-6-7-11-20(18)14-21/h3-14,16-17H,1-2H3/t16-,17-/m0/s1. The third-order valence-corrected chi connectivity index (χ3v) is 4.99. The van der Waals surface area contributed by atoms with Crippen LogP contribution >= 0.6 is 0 Å². The van der Waals surface area contributed by atoms with Gasteiger partial charge in [0.2, 0.25) is 0 Å². The van der Waals surface area contributed by atoms with Crippen LogP contribution in [-0.2, 0) is 0 Å². The van der Waals surface area contributed by atoms with E-state index >= 15 is 0 Å². The van der Waals surface area contributed by atoms with Gasteiger partial charge in [-0.05, 0) is 45.4 Å². The van der Waals surface area contributed by atoms with E-state index in [9.17, 15) is 0 Å². The maximum absolute atomic E-state index is 3.72. The van der Waals surface area contributed by atoms with Crippen LogP contribution in [0.5, 0.6) is 0 Å². The molecule has 1 aliphatic carbocycles. The highest BCUT2D eigenvalue weighted by Crippen LogP contribution is 2.44. The maximum atomic E-state index is 3.72. The summed E-state index contributed by atoms with van der Waals surface area (Å²) >= 11 is 0. The van der Waals surface area contributed by atoms with E-state index in [0.717, 1.165) is 0 Å². The van der Waals surface area contributed by atoms with Crippen LogP contribution in [0.25, 0.3) is 16.3 Å². The number of hydrogen-bond acceptors (Lipinski definition) is 0. The van der Waals surface area contributed by atoms with Crippen LogP contribution in [0.3, 0.4) is 0 Å². The van der Waals surface area contributed by atoms with Crippen molar-refractivity contribution >= 4 is 16.3 Å². The van der Waals surface area contributed by atoms with Gasteiger partial charge in [-0.25, -0.2) is 0 Å². The van der Waals surface area contributed by atoms with Crippen molar-refractivity contribution in [2.24, 2.45) is 11.8 Å². The molecule has 0 N–H and O–H groups in total. The summed E-state index contributed by atoms with van der Waals surface area (Å²) in [6.07, 6.45) is 0. The SMILES string of the molecule is C[C@@H]1C(=C=C(c2ccccc2)c2ccc3ccccc3c2)[C@H]1C. The highest BCUT2D eigenvalue weighted by molar-refractivity contribution is 5.89. The van der Waals surface area contributed by atoms with Crippen LogP contribution in [0.2, 0.25) is 0 Å². The second-order valence-electron chi connectivity index (χ2n) is 6.46. The van der Waals surface area contributed by atoms with Gasteiger partial charge in [0.15, 0.2) is 0 Å². The Bertz CT molecular complexity index is 914. The molecule has 112 valence electrons. The molecular weight excluding hydrogens is 276 g/mol. The number of allylic oxidation sites excluding steroid dienone is 1. The van der Waals surface area contributed by atoms with Gasteiger partial charge in [-0.1, -0.05) is 80.6 Å². The molecule has 2 atom stereocenters. The van der Waals surface area contributed by atoms with Crippen LogP contribution in [0, 0.1) is 11.8 Å². The zero-order valence-corrected chi connectivity index (χ0v) is 13.6. The Morgan fingerprint density at radius 2 is 1.35 bits per heavy atom. The molecule has 1 saturated carbocycles. The summed E-state index contributed by atoms with van der Waals surface area (Å²) in [5.41, 5.74) is 8.86. The smallest absolute Gasteiger partial charge is 0.0309 e. The first-order chi connectivity index (χ1) is 11.2. The zero-order valence-electron chi connectivity index (χ0n) is 13.6. The summed E-state index contributed by atoms with van der Waals surface area (Å²) in [4.78, 5) is 0. The van der Waals surface area contributed by atoms with Crippen molar-refractivity contribution < 1.29 is 0 Å². The maximum Gasteiger partial charge on any atom is 0.0309 e. The average molecular weight is 296 g/mol. The normalized spacial score (nSPS) is 19.5. The molecule has 0 heteroatoms. The largest absolute Gasteiger partial charge is 0.112 e. The molecule has 4 rings (SSSR count). The van der Waals surface area contributed by atoms with Crippen molar-refractivity contribution in [2.45, 2.75) is 13.8 Å². The monoisotopic (exact) mass is 296 g/mol. The minimum absolute atomic E-state index is 0.661. The van der Waals surface area contributed by atoms with Gasteiger partial charge >= 0.3 is 0 Å². The first-order valence-corrected chi connectivity index (χ1v) is 8.29. The zero-order chi connectivity index (χ0) is 15.8. The van der Waals surface area contributed by atoms with Gasteiger partial charge in [0.05, 0.1) is 0 Å². The van der Waals surface area contributed by atoms with Gasteiger partial charge in [0.25, 0.3) is 0 Å².